The van der Waals surface area contributed by atoms with E-state index in [2.05, 4.69) is 51.2 Å². The Morgan fingerprint density at radius 1 is 1.22 bits per heavy atom. The first-order valence-electron chi connectivity index (χ1n) is 8.87. The molecule has 3 heteroatoms. The second kappa shape index (κ2) is 7.48. The van der Waals surface area contributed by atoms with E-state index in [0.29, 0.717) is 6.42 Å². The number of nitrogens with one attached hydrogen (secondary N) is 1. The zero-order valence-electron chi connectivity index (χ0n) is 15.0. The maximum absolute atomic E-state index is 11.6. The number of aliphatic carboxylic acids is 1. The summed E-state index contributed by atoms with van der Waals surface area (Å²) >= 11 is 0. The average Bonchev–Trinajstić information content (AvgIpc) is 2.49. The van der Waals surface area contributed by atoms with Gasteiger partial charge in [-0.05, 0) is 67.6 Å². The summed E-state index contributed by atoms with van der Waals surface area (Å²) < 4.78 is 0. The van der Waals surface area contributed by atoms with E-state index in [1.165, 1.54) is 36.0 Å². The van der Waals surface area contributed by atoms with Crippen molar-refractivity contribution in [3.63, 3.8) is 0 Å². The largest absolute Gasteiger partial charge is 0.480 e. The third-order valence-electron chi connectivity index (χ3n) is 4.80. The molecule has 2 atom stereocenters. The van der Waals surface area contributed by atoms with Crippen LogP contribution < -0.4 is 5.32 Å². The van der Waals surface area contributed by atoms with Crippen molar-refractivity contribution in [2.45, 2.75) is 78.3 Å². The minimum Gasteiger partial charge on any atom is -0.480 e. The van der Waals surface area contributed by atoms with Gasteiger partial charge in [-0.3, -0.25) is 10.1 Å². The number of carbonyl (C=O) groups is 1. The van der Waals surface area contributed by atoms with Gasteiger partial charge in [-0.2, -0.15) is 0 Å². The third-order valence-corrected chi connectivity index (χ3v) is 4.80. The summed E-state index contributed by atoms with van der Waals surface area (Å²) in [5.74, 6) is -0.751. The second-order valence-corrected chi connectivity index (χ2v) is 8.11. The molecule has 0 bridgehead atoms. The molecule has 0 heterocycles. The Morgan fingerprint density at radius 3 is 2.48 bits per heavy atom. The normalized spacial score (nSPS) is 17.4. The predicted molar refractivity (Wildman–Crippen MR) is 94.7 cm³/mol. The zero-order valence-corrected chi connectivity index (χ0v) is 15.0. The zero-order chi connectivity index (χ0) is 17.0. The number of carboxylic acid groups (broad SMARTS) is 1. The van der Waals surface area contributed by atoms with Gasteiger partial charge in [0, 0.05) is 6.04 Å². The van der Waals surface area contributed by atoms with Crippen LogP contribution in [0.2, 0.25) is 0 Å². The van der Waals surface area contributed by atoms with Crippen molar-refractivity contribution in [3.8, 4) is 0 Å². The van der Waals surface area contributed by atoms with Crippen molar-refractivity contribution in [2.24, 2.45) is 5.41 Å². The van der Waals surface area contributed by atoms with Crippen LogP contribution in [0.25, 0.3) is 0 Å². The molecule has 0 aliphatic heterocycles. The van der Waals surface area contributed by atoms with E-state index in [-0.39, 0.29) is 11.5 Å². The lowest BCUT2D eigenvalue weighted by atomic mass is 9.88. The molecule has 128 valence electrons. The molecular weight excluding hydrogens is 286 g/mol. The lowest BCUT2D eigenvalue weighted by Gasteiger charge is -2.25. The maximum atomic E-state index is 11.6. The van der Waals surface area contributed by atoms with Crippen molar-refractivity contribution in [1.82, 2.24) is 5.32 Å². The van der Waals surface area contributed by atoms with Crippen LogP contribution in [0.4, 0.5) is 0 Å². The van der Waals surface area contributed by atoms with Crippen LogP contribution in [0, 0.1) is 5.41 Å². The molecule has 0 amide bonds. The summed E-state index contributed by atoms with van der Waals surface area (Å²) in [6, 6.07) is 6.23. The van der Waals surface area contributed by atoms with E-state index >= 15 is 0 Å². The number of fused-ring (bicyclic) bond motifs is 1. The number of carboxylic acids is 1. The number of hydrogen-bond donors (Lipinski definition) is 2. The van der Waals surface area contributed by atoms with Crippen LogP contribution in [-0.4, -0.2) is 17.1 Å². The number of aryl methyl sites for hydroxylation is 2. The molecule has 0 radical (unpaired) electrons. The quantitative estimate of drug-likeness (QED) is 0.812. The molecule has 2 unspecified atom stereocenters. The molecular formula is C20H31NO2. The molecule has 0 aromatic heterocycles. The molecule has 1 aromatic carbocycles. The average molecular weight is 317 g/mol. The first-order chi connectivity index (χ1) is 10.8. The van der Waals surface area contributed by atoms with Crippen LogP contribution in [0.3, 0.4) is 0 Å². The molecule has 0 fully saturated rings. The fraction of sp³-hybridized carbons (Fsp3) is 0.650. The number of hydrogen-bond acceptors (Lipinski definition) is 2. The first kappa shape index (κ1) is 18.0. The topological polar surface area (TPSA) is 49.3 Å². The molecule has 2 N–H and O–H groups in total. The smallest absolute Gasteiger partial charge is 0.320 e. The summed E-state index contributed by atoms with van der Waals surface area (Å²) in [7, 11) is 0. The maximum Gasteiger partial charge on any atom is 0.320 e. The van der Waals surface area contributed by atoms with Crippen molar-refractivity contribution >= 4 is 5.97 Å². The Bertz CT molecular complexity index is 545. The molecule has 1 aliphatic rings. The van der Waals surface area contributed by atoms with Gasteiger partial charge in [0.2, 0.25) is 0 Å². The summed E-state index contributed by atoms with van der Waals surface area (Å²) in [6.07, 6.45) is 6.45. The SMILES string of the molecule is CC(NC(CCC(C)(C)C)C(=O)O)c1ccc2c(c1)CCCC2. The van der Waals surface area contributed by atoms with Gasteiger partial charge in [0.15, 0.2) is 0 Å². The fourth-order valence-corrected chi connectivity index (χ4v) is 3.28. The third kappa shape index (κ3) is 5.35. The highest BCUT2D eigenvalue weighted by Crippen LogP contribution is 2.26. The van der Waals surface area contributed by atoms with Crippen LogP contribution in [0.5, 0.6) is 0 Å². The summed E-state index contributed by atoms with van der Waals surface area (Å²) in [5, 5.41) is 12.8. The van der Waals surface area contributed by atoms with E-state index < -0.39 is 12.0 Å². The van der Waals surface area contributed by atoms with Gasteiger partial charge in [0.25, 0.3) is 0 Å². The Balaban J connectivity index is 2.03. The first-order valence-corrected chi connectivity index (χ1v) is 8.87. The van der Waals surface area contributed by atoms with Crippen molar-refractivity contribution < 1.29 is 9.90 Å². The Hall–Kier alpha value is -1.35. The summed E-state index contributed by atoms with van der Waals surface area (Å²) in [6.45, 7) is 8.52. The van der Waals surface area contributed by atoms with Crippen molar-refractivity contribution in [3.05, 3.63) is 34.9 Å². The van der Waals surface area contributed by atoms with Gasteiger partial charge >= 0.3 is 5.97 Å². The van der Waals surface area contributed by atoms with Crippen molar-refractivity contribution in [1.29, 1.82) is 0 Å². The summed E-state index contributed by atoms with van der Waals surface area (Å²) in [5.41, 5.74) is 4.27. The van der Waals surface area contributed by atoms with E-state index in [1.807, 2.05) is 0 Å². The van der Waals surface area contributed by atoms with E-state index in [0.717, 1.165) is 12.8 Å². The van der Waals surface area contributed by atoms with E-state index in [4.69, 9.17) is 0 Å². The molecule has 0 saturated carbocycles. The van der Waals surface area contributed by atoms with Gasteiger partial charge in [-0.15, -0.1) is 0 Å². The predicted octanol–water partition coefficient (Wildman–Crippen LogP) is 4.50. The van der Waals surface area contributed by atoms with Gasteiger partial charge in [0.05, 0.1) is 0 Å². The number of benzene rings is 1. The van der Waals surface area contributed by atoms with Gasteiger partial charge in [-0.25, -0.2) is 0 Å². The highest BCUT2D eigenvalue weighted by Gasteiger charge is 2.23. The monoisotopic (exact) mass is 317 g/mol. The minimum atomic E-state index is -0.751. The lowest BCUT2D eigenvalue weighted by molar-refractivity contribution is -0.140. The van der Waals surface area contributed by atoms with Crippen LogP contribution in [0.1, 0.15) is 76.1 Å². The van der Waals surface area contributed by atoms with Crippen LogP contribution in [0.15, 0.2) is 18.2 Å². The van der Waals surface area contributed by atoms with E-state index in [1.54, 1.807) is 0 Å². The standard InChI is InChI=1S/C20H31NO2/c1-14(21-18(19(22)23)11-12-20(2,3)4)16-10-9-15-7-5-6-8-17(15)13-16/h9-10,13-14,18,21H,5-8,11-12H2,1-4H3,(H,22,23). The molecule has 1 aliphatic carbocycles. The van der Waals surface area contributed by atoms with Gasteiger partial charge < -0.3 is 5.11 Å². The Kier molecular flexibility index (Phi) is 5.85. The lowest BCUT2D eigenvalue weighted by Crippen LogP contribution is -2.39. The molecule has 0 saturated heterocycles. The highest BCUT2D eigenvalue weighted by molar-refractivity contribution is 5.73. The molecule has 3 nitrogen and oxygen atoms in total. The minimum absolute atomic E-state index is 0.0586. The Labute approximate surface area is 140 Å². The molecule has 1 aromatic rings. The van der Waals surface area contributed by atoms with Gasteiger partial charge in [0.1, 0.15) is 6.04 Å². The molecule has 23 heavy (non-hydrogen) atoms. The van der Waals surface area contributed by atoms with Gasteiger partial charge in [-0.1, -0.05) is 39.0 Å². The van der Waals surface area contributed by atoms with Crippen LogP contribution >= 0.6 is 0 Å². The van der Waals surface area contributed by atoms with Crippen LogP contribution in [-0.2, 0) is 17.6 Å². The molecule has 0 spiro atoms. The highest BCUT2D eigenvalue weighted by atomic mass is 16.4. The number of rotatable bonds is 6. The van der Waals surface area contributed by atoms with E-state index in [9.17, 15) is 9.90 Å². The molecule has 2 rings (SSSR count). The Morgan fingerprint density at radius 2 is 1.87 bits per heavy atom. The van der Waals surface area contributed by atoms with Crippen molar-refractivity contribution in [2.75, 3.05) is 0 Å². The summed E-state index contributed by atoms with van der Waals surface area (Å²) in [4.78, 5) is 11.6. The fourth-order valence-electron chi connectivity index (χ4n) is 3.28. The second-order valence-electron chi connectivity index (χ2n) is 8.11.